The standard InChI is InChI=1S/C35H63O12P/c1-3-5-7-8-9-10-11-12-18-22-34(39)46-29(27-45-48(41,42)43)26-44-33(38)21-17-14-13-16-20-30-31(37)25-35(40)47-32(30)24-23-28(36)19-15-6-4-2/h13,16,23-24,28-32,35-37,40H,3-12,14-15,17-22,25-27H2,1-2H3,(H2,41,42,43)/b16-13-,24-23+/t28-,29+,30-,31-,32+,35?/m0/s1. The summed E-state index contributed by atoms with van der Waals surface area (Å²) in [7, 11) is -4.81. The molecule has 0 aromatic rings. The molecule has 1 aliphatic rings. The number of aliphatic hydroxyl groups is 3. The van der Waals surface area contributed by atoms with Crippen molar-refractivity contribution >= 4 is 19.8 Å². The Balaban J connectivity index is 2.42. The molecule has 0 aromatic carbocycles. The fourth-order valence-corrected chi connectivity index (χ4v) is 5.83. The molecule has 280 valence electrons. The van der Waals surface area contributed by atoms with Crippen molar-refractivity contribution in [2.75, 3.05) is 13.2 Å². The highest BCUT2D eigenvalue weighted by Crippen LogP contribution is 2.36. The van der Waals surface area contributed by atoms with E-state index in [1.807, 2.05) is 12.2 Å². The van der Waals surface area contributed by atoms with Gasteiger partial charge in [0.2, 0.25) is 0 Å². The van der Waals surface area contributed by atoms with Gasteiger partial charge in [0.05, 0.1) is 24.9 Å². The summed E-state index contributed by atoms with van der Waals surface area (Å²) in [6.45, 7) is 3.29. The van der Waals surface area contributed by atoms with Crippen LogP contribution in [0.2, 0.25) is 0 Å². The molecule has 5 N–H and O–H groups in total. The maximum Gasteiger partial charge on any atom is 0.469 e. The second kappa shape index (κ2) is 27.1. The van der Waals surface area contributed by atoms with Gasteiger partial charge in [-0.15, -0.1) is 0 Å². The van der Waals surface area contributed by atoms with Crippen molar-refractivity contribution in [2.24, 2.45) is 5.92 Å². The predicted octanol–water partition coefficient (Wildman–Crippen LogP) is 6.17. The highest BCUT2D eigenvalue weighted by atomic mass is 31.2. The van der Waals surface area contributed by atoms with Crippen LogP contribution in [0.5, 0.6) is 0 Å². The van der Waals surface area contributed by atoms with Crippen molar-refractivity contribution in [1.29, 1.82) is 0 Å². The lowest BCUT2D eigenvalue weighted by Gasteiger charge is -2.36. The van der Waals surface area contributed by atoms with Gasteiger partial charge in [0.15, 0.2) is 12.4 Å². The number of rotatable bonds is 28. The van der Waals surface area contributed by atoms with Crippen LogP contribution in [0.25, 0.3) is 0 Å². The number of hydrogen-bond acceptors (Lipinski definition) is 10. The molecule has 0 bridgehead atoms. The lowest BCUT2D eigenvalue weighted by atomic mass is 9.87. The van der Waals surface area contributed by atoms with Gasteiger partial charge in [-0.3, -0.25) is 14.1 Å². The number of phosphoric ester groups is 1. The minimum atomic E-state index is -4.81. The van der Waals surface area contributed by atoms with Crippen molar-refractivity contribution in [1.82, 2.24) is 0 Å². The summed E-state index contributed by atoms with van der Waals surface area (Å²) in [4.78, 5) is 42.7. The zero-order valence-electron chi connectivity index (χ0n) is 29.2. The summed E-state index contributed by atoms with van der Waals surface area (Å²) < 4.78 is 31.8. The molecule has 0 spiro atoms. The molecule has 48 heavy (non-hydrogen) atoms. The van der Waals surface area contributed by atoms with Crippen LogP contribution >= 0.6 is 7.82 Å². The molecule has 0 aliphatic carbocycles. The van der Waals surface area contributed by atoms with E-state index in [2.05, 4.69) is 18.4 Å². The first-order valence-electron chi connectivity index (χ1n) is 18.0. The number of hydrogen-bond donors (Lipinski definition) is 5. The lowest BCUT2D eigenvalue weighted by molar-refractivity contribution is -0.199. The highest BCUT2D eigenvalue weighted by molar-refractivity contribution is 7.46. The van der Waals surface area contributed by atoms with Crippen molar-refractivity contribution in [2.45, 2.75) is 167 Å². The Bertz CT molecular complexity index is 952. The van der Waals surface area contributed by atoms with Gasteiger partial charge in [-0.1, -0.05) is 109 Å². The topological polar surface area (TPSA) is 189 Å². The Hall–Kier alpha value is -1.63. The molecule has 0 amide bonds. The Morgan fingerprint density at radius 2 is 1.48 bits per heavy atom. The van der Waals surface area contributed by atoms with Gasteiger partial charge in [-0.25, -0.2) is 4.57 Å². The Morgan fingerprint density at radius 3 is 2.15 bits per heavy atom. The van der Waals surface area contributed by atoms with Crippen LogP contribution in [0.3, 0.4) is 0 Å². The van der Waals surface area contributed by atoms with E-state index in [1.165, 1.54) is 32.1 Å². The summed E-state index contributed by atoms with van der Waals surface area (Å²) >= 11 is 0. The number of carbonyl (C=O) groups is 2. The third kappa shape index (κ3) is 23.7. The summed E-state index contributed by atoms with van der Waals surface area (Å²) in [5, 5.41) is 30.7. The van der Waals surface area contributed by atoms with E-state index in [0.717, 1.165) is 38.5 Å². The van der Waals surface area contributed by atoms with Gasteiger partial charge in [-0.2, -0.15) is 0 Å². The van der Waals surface area contributed by atoms with E-state index >= 15 is 0 Å². The van der Waals surface area contributed by atoms with Gasteiger partial charge < -0.3 is 39.3 Å². The van der Waals surface area contributed by atoms with E-state index < -0.39 is 57.1 Å². The highest BCUT2D eigenvalue weighted by Gasteiger charge is 2.35. The molecule has 0 radical (unpaired) electrons. The molecule has 1 saturated heterocycles. The van der Waals surface area contributed by atoms with E-state index in [1.54, 1.807) is 12.2 Å². The minimum absolute atomic E-state index is 0.0748. The van der Waals surface area contributed by atoms with Crippen LogP contribution in [0, 0.1) is 5.92 Å². The number of carbonyl (C=O) groups excluding carboxylic acids is 2. The smallest absolute Gasteiger partial charge is 0.462 e. The fraction of sp³-hybridized carbons (Fsp3) is 0.829. The number of allylic oxidation sites excluding steroid dienone is 2. The third-order valence-electron chi connectivity index (χ3n) is 8.27. The first-order chi connectivity index (χ1) is 22.9. The van der Waals surface area contributed by atoms with Crippen LogP contribution in [-0.4, -0.2) is 81.0 Å². The molecular formula is C35H63O12P. The maximum absolute atomic E-state index is 12.3. The molecule has 12 nitrogen and oxygen atoms in total. The SMILES string of the molecule is CCCCCCCCCCCC(=O)O[C@H](COC(=O)CCC/C=C\C[C@H]1[C@@H](O)CC(O)O[C@@H]1/C=C/[C@@H](O)CCCCC)COP(=O)(O)O. The molecule has 6 atom stereocenters. The van der Waals surface area contributed by atoms with Crippen molar-refractivity contribution in [3.8, 4) is 0 Å². The Morgan fingerprint density at radius 1 is 0.854 bits per heavy atom. The predicted molar refractivity (Wildman–Crippen MR) is 183 cm³/mol. The normalized spacial score (nSPS) is 21.5. The zero-order valence-corrected chi connectivity index (χ0v) is 30.1. The maximum atomic E-state index is 12.3. The number of ether oxygens (including phenoxy) is 3. The summed E-state index contributed by atoms with van der Waals surface area (Å²) in [5.41, 5.74) is 0. The molecule has 1 fully saturated rings. The van der Waals surface area contributed by atoms with Crippen LogP contribution in [-0.2, 0) is 32.9 Å². The fourth-order valence-electron chi connectivity index (χ4n) is 5.47. The average Bonchev–Trinajstić information content (AvgIpc) is 3.02. The van der Waals surface area contributed by atoms with Crippen LogP contribution < -0.4 is 0 Å². The van der Waals surface area contributed by atoms with Gasteiger partial charge >= 0.3 is 19.8 Å². The van der Waals surface area contributed by atoms with Crippen molar-refractivity contribution in [3.05, 3.63) is 24.3 Å². The van der Waals surface area contributed by atoms with Gasteiger partial charge in [0.25, 0.3) is 0 Å². The molecule has 1 unspecified atom stereocenters. The van der Waals surface area contributed by atoms with E-state index in [4.69, 9.17) is 24.0 Å². The van der Waals surface area contributed by atoms with Gasteiger partial charge in [-0.05, 0) is 32.1 Å². The van der Waals surface area contributed by atoms with Crippen LogP contribution in [0.15, 0.2) is 24.3 Å². The van der Waals surface area contributed by atoms with E-state index in [-0.39, 0.29) is 31.8 Å². The van der Waals surface area contributed by atoms with E-state index in [0.29, 0.717) is 32.1 Å². The van der Waals surface area contributed by atoms with Crippen LogP contribution in [0.4, 0.5) is 0 Å². The third-order valence-corrected chi connectivity index (χ3v) is 8.75. The lowest BCUT2D eigenvalue weighted by Crippen LogP contribution is -2.43. The molecule has 1 rings (SSSR count). The molecular weight excluding hydrogens is 643 g/mol. The zero-order chi connectivity index (χ0) is 35.6. The second-order valence-corrected chi connectivity index (χ2v) is 14.0. The quantitative estimate of drug-likeness (QED) is 0.0270. The van der Waals surface area contributed by atoms with Crippen molar-refractivity contribution in [3.63, 3.8) is 0 Å². The Labute approximate surface area is 287 Å². The van der Waals surface area contributed by atoms with Crippen LogP contribution in [0.1, 0.15) is 136 Å². The monoisotopic (exact) mass is 706 g/mol. The summed E-state index contributed by atoms with van der Waals surface area (Å²) in [5.74, 6) is -1.39. The summed E-state index contributed by atoms with van der Waals surface area (Å²) in [6, 6.07) is 0. The van der Waals surface area contributed by atoms with Gasteiger partial charge in [0, 0.05) is 25.2 Å². The largest absolute Gasteiger partial charge is 0.469 e. The molecule has 0 aromatic heterocycles. The second-order valence-electron chi connectivity index (χ2n) is 12.7. The first kappa shape index (κ1) is 44.4. The minimum Gasteiger partial charge on any atom is -0.462 e. The number of aliphatic hydroxyl groups excluding tert-OH is 3. The van der Waals surface area contributed by atoms with Gasteiger partial charge in [0.1, 0.15) is 6.61 Å². The molecule has 0 saturated carbocycles. The molecule has 13 heteroatoms. The van der Waals surface area contributed by atoms with Crippen molar-refractivity contribution < 1.29 is 58.0 Å². The Kier molecular flexibility index (Phi) is 25.1. The number of unbranched alkanes of at least 4 members (excludes halogenated alkanes) is 11. The first-order valence-corrected chi connectivity index (χ1v) is 19.6. The van der Waals surface area contributed by atoms with E-state index in [9.17, 15) is 29.5 Å². The molecule has 1 aliphatic heterocycles. The molecule has 1 heterocycles. The number of esters is 2. The average molecular weight is 707 g/mol. The summed E-state index contributed by atoms with van der Waals surface area (Å²) in [6.07, 6.45) is 18.3. The number of phosphoric acid groups is 1.